The fourth-order valence-electron chi connectivity index (χ4n) is 0.544. The minimum Gasteiger partial charge on any atom is -0.204 e. The molecule has 1 aromatic rings. The number of nitriles is 1. The molecule has 0 heterocycles. The molecule has 0 aliphatic carbocycles. The number of hydrogen-bond acceptors (Lipinski definition) is 1. The molecule has 0 saturated heterocycles. The van der Waals surface area contributed by atoms with Gasteiger partial charge >= 0.3 is 0 Å². The normalized spacial score (nSPS) is 8.64. The lowest BCUT2D eigenvalue weighted by Crippen LogP contribution is -1.94. The minimum atomic E-state index is -1.43. The summed E-state index contributed by atoms with van der Waals surface area (Å²) in [6.07, 6.45) is 0. The Bertz CT molecular complexity index is 346. The molecular formula is C8H4BrF4N. The Balaban J connectivity index is 0.000000500. The largest absolute Gasteiger partial charge is 0.204 e. The van der Waals surface area contributed by atoms with Crippen molar-refractivity contribution < 1.29 is 17.6 Å². The average molecular weight is 270 g/mol. The van der Waals surface area contributed by atoms with Gasteiger partial charge in [-0.2, -0.15) is 5.26 Å². The molecule has 0 spiro atoms. The van der Waals surface area contributed by atoms with Crippen molar-refractivity contribution in [1.29, 1.82) is 5.26 Å². The van der Waals surface area contributed by atoms with Gasteiger partial charge in [0.1, 0.15) is 0 Å². The SMILES string of the molecule is CC#N.Fc1cc(F)c(F)c(Br)c1F. The molecule has 6 heteroatoms. The summed E-state index contributed by atoms with van der Waals surface area (Å²) >= 11 is 2.35. The molecule has 0 amide bonds. The first-order valence-electron chi connectivity index (χ1n) is 3.25. The first-order chi connectivity index (χ1) is 6.45. The molecule has 1 rings (SSSR count). The maximum absolute atomic E-state index is 12.3. The van der Waals surface area contributed by atoms with Gasteiger partial charge in [-0.3, -0.25) is 0 Å². The van der Waals surface area contributed by atoms with Crippen molar-refractivity contribution in [1.82, 2.24) is 0 Å². The predicted molar refractivity (Wildman–Crippen MR) is 45.3 cm³/mol. The van der Waals surface area contributed by atoms with Crippen molar-refractivity contribution in [2.75, 3.05) is 0 Å². The van der Waals surface area contributed by atoms with Crippen molar-refractivity contribution in [3.63, 3.8) is 0 Å². The van der Waals surface area contributed by atoms with Crippen LogP contribution in [0.2, 0.25) is 0 Å². The Labute approximate surface area is 86.1 Å². The van der Waals surface area contributed by atoms with Gasteiger partial charge in [0.05, 0.1) is 10.5 Å². The van der Waals surface area contributed by atoms with Crippen molar-refractivity contribution in [2.45, 2.75) is 6.92 Å². The van der Waals surface area contributed by atoms with E-state index in [1.165, 1.54) is 6.92 Å². The van der Waals surface area contributed by atoms with E-state index in [-0.39, 0.29) is 6.07 Å². The van der Waals surface area contributed by atoms with Gasteiger partial charge in [-0.25, -0.2) is 17.6 Å². The maximum Gasteiger partial charge on any atom is 0.176 e. The summed E-state index contributed by atoms with van der Waals surface area (Å²) < 4.78 is 48.3. The van der Waals surface area contributed by atoms with Gasteiger partial charge in [0.25, 0.3) is 0 Å². The lowest BCUT2D eigenvalue weighted by Gasteiger charge is -1.98. The second-order valence-electron chi connectivity index (χ2n) is 2.01. The lowest BCUT2D eigenvalue weighted by molar-refractivity contribution is 0.446. The quantitative estimate of drug-likeness (QED) is 0.402. The molecular weight excluding hydrogens is 266 g/mol. The first kappa shape index (κ1) is 12.9. The molecule has 76 valence electrons. The molecule has 0 aliphatic rings. The van der Waals surface area contributed by atoms with Crippen LogP contribution in [0.25, 0.3) is 0 Å². The summed E-state index contributed by atoms with van der Waals surface area (Å²) in [5, 5.41) is 7.32. The number of halogens is 5. The number of rotatable bonds is 0. The van der Waals surface area contributed by atoms with E-state index >= 15 is 0 Å². The Morgan fingerprint density at radius 3 is 1.71 bits per heavy atom. The molecule has 14 heavy (non-hydrogen) atoms. The van der Waals surface area contributed by atoms with E-state index in [2.05, 4.69) is 15.9 Å². The van der Waals surface area contributed by atoms with Crippen LogP contribution < -0.4 is 0 Å². The van der Waals surface area contributed by atoms with Crippen molar-refractivity contribution in [3.8, 4) is 6.07 Å². The third-order valence-electron chi connectivity index (χ3n) is 1.06. The van der Waals surface area contributed by atoms with E-state index in [4.69, 9.17) is 5.26 Å². The van der Waals surface area contributed by atoms with Gasteiger partial charge in [-0.15, -0.1) is 0 Å². The highest BCUT2D eigenvalue weighted by molar-refractivity contribution is 9.10. The highest BCUT2D eigenvalue weighted by Gasteiger charge is 2.15. The maximum atomic E-state index is 12.3. The lowest BCUT2D eigenvalue weighted by atomic mass is 10.3. The Morgan fingerprint density at radius 1 is 1.14 bits per heavy atom. The van der Waals surface area contributed by atoms with Gasteiger partial charge in [-0.05, 0) is 15.9 Å². The van der Waals surface area contributed by atoms with Crippen LogP contribution in [0.5, 0.6) is 0 Å². The zero-order valence-electron chi connectivity index (χ0n) is 6.91. The van der Waals surface area contributed by atoms with E-state index in [0.717, 1.165) is 0 Å². The van der Waals surface area contributed by atoms with Crippen molar-refractivity contribution in [3.05, 3.63) is 33.8 Å². The zero-order chi connectivity index (χ0) is 11.3. The van der Waals surface area contributed by atoms with Crippen molar-refractivity contribution >= 4 is 15.9 Å². The molecule has 0 fully saturated rings. The van der Waals surface area contributed by atoms with Gasteiger partial charge in [-0.1, -0.05) is 0 Å². The van der Waals surface area contributed by atoms with E-state index in [9.17, 15) is 17.6 Å². The Morgan fingerprint density at radius 2 is 1.43 bits per heavy atom. The zero-order valence-corrected chi connectivity index (χ0v) is 8.50. The minimum absolute atomic E-state index is 0.148. The molecule has 0 N–H and O–H groups in total. The Kier molecular flexibility index (Phi) is 5.16. The fraction of sp³-hybridized carbons (Fsp3) is 0.125. The third kappa shape index (κ3) is 3.00. The predicted octanol–water partition coefficient (Wildman–Crippen LogP) is 3.54. The second kappa shape index (κ2) is 5.60. The molecule has 0 aliphatic heterocycles. The summed E-state index contributed by atoms with van der Waals surface area (Å²) in [5.41, 5.74) is 0. The van der Waals surface area contributed by atoms with Crippen LogP contribution in [0.15, 0.2) is 10.5 Å². The summed E-state index contributed by atoms with van der Waals surface area (Å²) in [7, 11) is 0. The first-order valence-corrected chi connectivity index (χ1v) is 4.04. The molecule has 0 atom stereocenters. The van der Waals surface area contributed by atoms with E-state index in [0.29, 0.717) is 0 Å². The van der Waals surface area contributed by atoms with Crippen LogP contribution in [0.3, 0.4) is 0 Å². The summed E-state index contributed by atoms with van der Waals surface area (Å²) in [4.78, 5) is 0. The van der Waals surface area contributed by atoms with E-state index in [1.54, 1.807) is 6.07 Å². The topological polar surface area (TPSA) is 23.8 Å². The molecule has 0 radical (unpaired) electrons. The molecule has 1 nitrogen and oxygen atoms in total. The number of benzene rings is 1. The number of nitrogens with zero attached hydrogens (tertiary/aromatic N) is 1. The van der Waals surface area contributed by atoms with Crippen LogP contribution in [-0.2, 0) is 0 Å². The molecule has 0 saturated carbocycles. The molecule has 0 aromatic heterocycles. The highest BCUT2D eigenvalue weighted by Crippen LogP contribution is 2.23. The van der Waals surface area contributed by atoms with Crippen LogP contribution in [0.4, 0.5) is 17.6 Å². The van der Waals surface area contributed by atoms with Crippen LogP contribution in [-0.4, -0.2) is 0 Å². The third-order valence-corrected chi connectivity index (χ3v) is 1.75. The van der Waals surface area contributed by atoms with Crippen molar-refractivity contribution in [2.24, 2.45) is 0 Å². The number of hydrogen-bond donors (Lipinski definition) is 0. The van der Waals surface area contributed by atoms with Crippen LogP contribution in [0.1, 0.15) is 6.92 Å². The summed E-state index contributed by atoms with van der Waals surface area (Å²) in [5.74, 6) is -5.70. The molecule has 0 unspecified atom stereocenters. The van der Waals surface area contributed by atoms with Gasteiger partial charge in [0, 0.05) is 13.0 Å². The van der Waals surface area contributed by atoms with E-state index < -0.39 is 27.7 Å². The smallest absolute Gasteiger partial charge is 0.176 e. The van der Waals surface area contributed by atoms with Gasteiger partial charge in [0.15, 0.2) is 23.3 Å². The molecule has 0 bridgehead atoms. The van der Waals surface area contributed by atoms with E-state index in [1.807, 2.05) is 0 Å². The monoisotopic (exact) mass is 269 g/mol. The average Bonchev–Trinajstić information content (AvgIpc) is 2.13. The molecule has 1 aromatic carbocycles. The highest BCUT2D eigenvalue weighted by atomic mass is 79.9. The summed E-state index contributed by atoms with van der Waals surface area (Å²) in [6, 6.07) is 1.90. The van der Waals surface area contributed by atoms with Gasteiger partial charge in [0.2, 0.25) is 0 Å². The van der Waals surface area contributed by atoms with Gasteiger partial charge < -0.3 is 0 Å². The standard InChI is InChI=1S/C6HBrF4.C2H3N/c7-4-5(10)2(8)1-3(9)6(4)11;1-2-3/h1H;1H3. The van der Waals surface area contributed by atoms with Crippen LogP contribution >= 0.6 is 15.9 Å². The Hall–Kier alpha value is -1.09. The summed E-state index contributed by atoms with van der Waals surface area (Å²) in [6.45, 7) is 1.43. The fourth-order valence-corrected chi connectivity index (χ4v) is 0.923. The van der Waals surface area contributed by atoms with Crippen LogP contribution in [0, 0.1) is 34.6 Å². The second-order valence-corrected chi connectivity index (χ2v) is 2.80.